The fourth-order valence-corrected chi connectivity index (χ4v) is 8.91. The van der Waals surface area contributed by atoms with Crippen LogP contribution in [-0.4, -0.2) is 40.5 Å². The standard InChI is InChI=1S/C24H26N2.C12H22.C10H12N2/c1-2-6-18(7-3-1)14-21-15-19-10-11-24(21)26(17-19)13-12-20-16-25-23-9-5-4-8-22(20)23;1-4-6-12-9-11(5-2)8-7-10(12)3;11-6-5-8-7-12-10-4-2-1-3-9(8)10/h1-11,16,19,21,24-25H,12-15,17H2;5,10-12H,2,4,6-9H2,1,3H3;1-4,7,12H,5-6,11H2. The Balaban J connectivity index is 0.000000150. The Morgan fingerprint density at radius 2 is 1.46 bits per heavy atom. The number of nitrogens with two attached hydrogens (primary N) is 1. The Morgan fingerprint density at radius 3 is 2.10 bits per heavy atom. The van der Waals surface area contributed by atoms with E-state index in [9.17, 15) is 0 Å². The van der Waals surface area contributed by atoms with Gasteiger partial charge in [0, 0.05) is 53.3 Å². The number of nitrogens with zero attached hydrogens (tertiary/aromatic N) is 1. The summed E-state index contributed by atoms with van der Waals surface area (Å²) in [6.07, 6.45) is 22.9. The Hall–Kier alpha value is -3.86. The molecule has 2 aromatic heterocycles. The lowest BCUT2D eigenvalue weighted by Gasteiger charge is -2.46. The Kier molecular flexibility index (Phi) is 12.9. The average molecular weight is 669 g/mol. The molecule has 6 unspecified atom stereocenters. The zero-order chi connectivity index (χ0) is 34.7. The van der Waals surface area contributed by atoms with E-state index in [-0.39, 0.29) is 0 Å². The van der Waals surface area contributed by atoms with Crippen LogP contribution < -0.4 is 5.73 Å². The highest BCUT2D eigenvalue weighted by atomic mass is 15.2. The second-order valence-corrected chi connectivity index (χ2v) is 15.2. The van der Waals surface area contributed by atoms with Gasteiger partial charge in [0.15, 0.2) is 0 Å². The van der Waals surface area contributed by atoms with E-state index in [0.717, 1.165) is 49.0 Å². The van der Waals surface area contributed by atoms with E-state index in [1.165, 1.54) is 90.0 Å². The monoisotopic (exact) mass is 668 g/mol. The van der Waals surface area contributed by atoms with E-state index in [1.807, 2.05) is 12.3 Å². The topological polar surface area (TPSA) is 60.8 Å². The van der Waals surface area contributed by atoms with Gasteiger partial charge >= 0.3 is 0 Å². The molecular formula is C46H60N4. The third kappa shape index (κ3) is 9.08. The minimum Gasteiger partial charge on any atom is -0.361 e. The van der Waals surface area contributed by atoms with E-state index in [4.69, 9.17) is 5.73 Å². The van der Waals surface area contributed by atoms with Crippen molar-refractivity contribution in [1.29, 1.82) is 0 Å². The summed E-state index contributed by atoms with van der Waals surface area (Å²) in [5.74, 6) is 4.24. The molecule has 4 heterocycles. The number of aromatic nitrogens is 2. The SMILES string of the molecule is C1=CC2C(Cc3ccccc3)CC1CN2CCc1c[nH]c2ccccc12.C=CC1CCC(C)C(CCC)C1.NCCc1c[nH]c2ccccc12. The number of fused-ring (bicyclic) bond motifs is 4. The highest BCUT2D eigenvalue weighted by Gasteiger charge is 2.37. The van der Waals surface area contributed by atoms with E-state index < -0.39 is 0 Å². The molecule has 9 rings (SSSR count). The van der Waals surface area contributed by atoms with Crippen molar-refractivity contribution in [2.75, 3.05) is 19.6 Å². The van der Waals surface area contributed by atoms with Gasteiger partial charge in [-0.15, -0.1) is 6.58 Å². The molecule has 6 atom stereocenters. The molecular weight excluding hydrogens is 609 g/mol. The van der Waals surface area contributed by atoms with Crippen molar-refractivity contribution in [1.82, 2.24) is 14.9 Å². The molecule has 4 aliphatic rings. The van der Waals surface area contributed by atoms with Crippen LogP contribution in [-0.2, 0) is 19.3 Å². The second-order valence-electron chi connectivity index (χ2n) is 15.2. The maximum Gasteiger partial charge on any atom is 0.0456 e. The molecule has 3 aromatic carbocycles. The molecule has 1 saturated carbocycles. The molecule has 4 heteroatoms. The summed E-state index contributed by atoms with van der Waals surface area (Å²) in [5, 5.41) is 2.67. The fourth-order valence-electron chi connectivity index (χ4n) is 8.91. The lowest BCUT2D eigenvalue weighted by Crippen LogP contribution is -2.51. The number of allylic oxidation sites excluding steroid dienone is 1. The summed E-state index contributed by atoms with van der Waals surface area (Å²) in [6, 6.07) is 28.5. The predicted molar refractivity (Wildman–Crippen MR) is 214 cm³/mol. The number of hydrogen-bond acceptors (Lipinski definition) is 2. The lowest BCUT2D eigenvalue weighted by molar-refractivity contribution is 0.0846. The maximum absolute atomic E-state index is 5.50. The van der Waals surface area contributed by atoms with Crippen LogP contribution in [0.3, 0.4) is 0 Å². The van der Waals surface area contributed by atoms with Gasteiger partial charge in [-0.25, -0.2) is 0 Å². The zero-order valence-electron chi connectivity index (χ0n) is 30.6. The number of rotatable bonds is 10. The molecule has 4 N–H and O–H groups in total. The number of H-pyrrole nitrogens is 2. The summed E-state index contributed by atoms with van der Waals surface area (Å²) in [5.41, 5.74) is 12.2. The number of nitrogens with one attached hydrogen (secondary N) is 2. The molecule has 2 fully saturated rings. The molecule has 5 aromatic rings. The first-order valence-corrected chi connectivity index (χ1v) is 19.4. The molecule has 264 valence electrons. The first-order chi connectivity index (χ1) is 24.6. The van der Waals surface area contributed by atoms with Crippen LogP contribution in [0.1, 0.15) is 69.1 Å². The van der Waals surface area contributed by atoms with Gasteiger partial charge in [-0.3, -0.25) is 4.90 Å². The fraction of sp³-hybridized carbons (Fsp3) is 0.435. The minimum absolute atomic E-state index is 0.602. The summed E-state index contributed by atoms with van der Waals surface area (Å²) in [4.78, 5) is 9.36. The molecule has 2 bridgehead atoms. The minimum atomic E-state index is 0.602. The molecule has 0 spiro atoms. The first-order valence-electron chi connectivity index (χ1n) is 19.4. The Bertz CT molecular complexity index is 1780. The van der Waals surface area contributed by atoms with Crippen molar-refractivity contribution in [3.63, 3.8) is 0 Å². The van der Waals surface area contributed by atoms with Crippen LogP contribution >= 0.6 is 0 Å². The normalized spacial score (nSPS) is 24.4. The molecule has 1 saturated heterocycles. The first kappa shape index (κ1) is 35.9. The largest absolute Gasteiger partial charge is 0.361 e. The van der Waals surface area contributed by atoms with Crippen molar-refractivity contribution in [3.8, 4) is 0 Å². The molecule has 0 radical (unpaired) electrons. The predicted octanol–water partition coefficient (Wildman–Crippen LogP) is 10.5. The van der Waals surface area contributed by atoms with Crippen molar-refractivity contribution in [2.24, 2.45) is 35.3 Å². The van der Waals surface area contributed by atoms with Crippen molar-refractivity contribution < 1.29 is 0 Å². The van der Waals surface area contributed by atoms with E-state index in [1.54, 1.807) is 0 Å². The second kappa shape index (κ2) is 17.9. The van der Waals surface area contributed by atoms with Crippen molar-refractivity contribution in [2.45, 2.75) is 77.7 Å². The molecule has 50 heavy (non-hydrogen) atoms. The van der Waals surface area contributed by atoms with Crippen LogP contribution in [0.5, 0.6) is 0 Å². The maximum atomic E-state index is 5.50. The van der Waals surface area contributed by atoms with Gasteiger partial charge in [-0.05, 0) is 110 Å². The third-order valence-corrected chi connectivity index (χ3v) is 11.7. The van der Waals surface area contributed by atoms with Crippen LogP contribution in [0.4, 0.5) is 0 Å². The zero-order valence-corrected chi connectivity index (χ0v) is 30.6. The van der Waals surface area contributed by atoms with Crippen LogP contribution in [0, 0.1) is 29.6 Å². The van der Waals surface area contributed by atoms with Gasteiger partial charge in [0.25, 0.3) is 0 Å². The van der Waals surface area contributed by atoms with Crippen LogP contribution in [0.2, 0.25) is 0 Å². The molecule has 0 amide bonds. The Morgan fingerprint density at radius 1 is 0.800 bits per heavy atom. The third-order valence-electron chi connectivity index (χ3n) is 11.7. The van der Waals surface area contributed by atoms with E-state index in [2.05, 4.69) is 133 Å². The average Bonchev–Trinajstić information content (AvgIpc) is 3.77. The summed E-state index contributed by atoms with van der Waals surface area (Å²) < 4.78 is 0. The smallest absolute Gasteiger partial charge is 0.0456 e. The highest BCUT2D eigenvalue weighted by Crippen LogP contribution is 2.37. The summed E-state index contributed by atoms with van der Waals surface area (Å²) in [7, 11) is 0. The number of piperidine rings is 1. The quantitative estimate of drug-likeness (QED) is 0.130. The summed E-state index contributed by atoms with van der Waals surface area (Å²) >= 11 is 0. The van der Waals surface area contributed by atoms with Gasteiger partial charge in [-0.1, -0.05) is 112 Å². The highest BCUT2D eigenvalue weighted by molar-refractivity contribution is 5.83. The number of para-hydroxylation sites is 2. The van der Waals surface area contributed by atoms with Gasteiger partial charge < -0.3 is 15.7 Å². The van der Waals surface area contributed by atoms with Crippen molar-refractivity contribution in [3.05, 3.63) is 133 Å². The molecule has 4 nitrogen and oxygen atoms in total. The summed E-state index contributed by atoms with van der Waals surface area (Å²) in [6.45, 7) is 11.7. The van der Waals surface area contributed by atoms with Gasteiger partial charge in [0.1, 0.15) is 0 Å². The van der Waals surface area contributed by atoms with Crippen molar-refractivity contribution >= 4 is 21.8 Å². The Labute approximate surface area is 301 Å². The van der Waals surface area contributed by atoms with E-state index >= 15 is 0 Å². The molecule has 2 aliphatic heterocycles. The van der Waals surface area contributed by atoms with Crippen LogP contribution in [0.25, 0.3) is 21.8 Å². The number of aromatic amines is 2. The van der Waals surface area contributed by atoms with Gasteiger partial charge in [-0.2, -0.15) is 0 Å². The number of hydrogen-bond donors (Lipinski definition) is 3. The number of benzene rings is 3. The van der Waals surface area contributed by atoms with Gasteiger partial charge in [0.2, 0.25) is 0 Å². The molecule has 2 aliphatic carbocycles. The lowest BCUT2D eigenvalue weighted by atomic mass is 9.73. The van der Waals surface area contributed by atoms with Gasteiger partial charge in [0.05, 0.1) is 0 Å². The van der Waals surface area contributed by atoms with E-state index in [0.29, 0.717) is 12.6 Å². The van der Waals surface area contributed by atoms with Crippen LogP contribution in [0.15, 0.2) is 116 Å².